The molecule has 2 N–H and O–H groups in total. The van der Waals surface area contributed by atoms with Crippen LogP contribution in [0.15, 0.2) is 6.20 Å². The maximum Gasteiger partial charge on any atom is 0.135 e. The van der Waals surface area contributed by atoms with Crippen LogP contribution in [0.5, 0.6) is 0 Å². The smallest absolute Gasteiger partial charge is 0.135 e. The zero-order valence-electron chi connectivity index (χ0n) is 9.13. The van der Waals surface area contributed by atoms with Crippen molar-refractivity contribution in [1.29, 1.82) is 0 Å². The number of aromatic nitrogens is 2. The Kier molecular flexibility index (Phi) is 4.62. The lowest BCUT2D eigenvalue weighted by Crippen LogP contribution is -2.12. The standard InChI is InChI=1S/C10H19N3O/c1-4-9(14-3)10-12-7-8(13-10)6-11-5-2/h7,9,11H,4-6H2,1-3H3,(H,12,13). The first-order chi connectivity index (χ1) is 6.81. The highest BCUT2D eigenvalue weighted by molar-refractivity contribution is 5.03. The van der Waals surface area contributed by atoms with Crippen molar-refractivity contribution >= 4 is 0 Å². The van der Waals surface area contributed by atoms with Gasteiger partial charge >= 0.3 is 0 Å². The molecule has 0 bridgehead atoms. The fourth-order valence-corrected chi connectivity index (χ4v) is 1.36. The molecule has 0 aromatic carbocycles. The van der Waals surface area contributed by atoms with E-state index >= 15 is 0 Å². The average molecular weight is 197 g/mol. The number of hydrogen-bond acceptors (Lipinski definition) is 3. The number of ether oxygens (including phenoxy) is 1. The van der Waals surface area contributed by atoms with Crippen LogP contribution in [0.4, 0.5) is 0 Å². The number of imidazole rings is 1. The van der Waals surface area contributed by atoms with E-state index < -0.39 is 0 Å². The van der Waals surface area contributed by atoms with Crippen molar-refractivity contribution in [3.05, 3.63) is 17.7 Å². The largest absolute Gasteiger partial charge is 0.374 e. The maximum atomic E-state index is 5.29. The summed E-state index contributed by atoms with van der Waals surface area (Å²) in [7, 11) is 1.71. The molecule has 1 rings (SSSR count). The lowest BCUT2D eigenvalue weighted by Gasteiger charge is -2.08. The third-order valence-electron chi connectivity index (χ3n) is 2.17. The summed E-state index contributed by atoms with van der Waals surface area (Å²) in [5, 5.41) is 3.24. The number of nitrogens with zero attached hydrogens (tertiary/aromatic N) is 1. The van der Waals surface area contributed by atoms with Crippen molar-refractivity contribution in [3.63, 3.8) is 0 Å². The average Bonchev–Trinajstić information content (AvgIpc) is 2.65. The zero-order chi connectivity index (χ0) is 10.4. The molecule has 0 saturated heterocycles. The number of aromatic amines is 1. The van der Waals surface area contributed by atoms with Gasteiger partial charge in [-0.1, -0.05) is 13.8 Å². The highest BCUT2D eigenvalue weighted by atomic mass is 16.5. The van der Waals surface area contributed by atoms with Gasteiger partial charge in [-0.2, -0.15) is 0 Å². The number of hydrogen-bond donors (Lipinski definition) is 2. The van der Waals surface area contributed by atoms with Crippen LogP contribution >= 0.6 is 0 Å². The summed E-state index contributed by atoms with van der Waals surface area (Å²) in [4.78, 5) is 7.54. The lowest BCUT2D eigenvalue weighted by atomic mass is 10.3. The molecule has 0 radical (unpaired) electrons. The second-order valence-electron chi connectivity index (χ2n) is 3.21. The van der Waals surface area contributed by atoms with E-state index in [1.54, 1.807) is 7.11 Å². The van der Waals surface area contributed by atoms with Crippen molar-refractivity contribution in [2.75, 3.05) is 13.7 Å². The fourth-order valence-electron chi connectivity index (χ4n) is 1.36. The van der Waals surface area contributed by atoms with Crippen molar-refractivity contribution < 1.29 is 4.74 Å². The Morgan fingerprint density at radius 3 is 2.93 bits per heavy atom. The van der Waals surface area contributed by atoms with E-state index in [-0.39, 0.29) is 6.10 Å². The molecule has 0 spiro atoms. The van der Waals surface area contributed by atoms with Crippen LogP contribution in [0.2, 0.25) is 0 Å². The molecule has 1 heterocycles. The topological polar surface area (TPSA) is 49.9 Å². The first kappa shape index (κ1) is 11.2. The van der Waals surface area contributed by atoms with Gasteiger partial charge in [-0.05, 0) is 13.0 Å². The molecule has 0 fully saturated rings. The first-order valence-corrected chi connectivity index (χ1v) is 5.09. The molecule has 1 atom stereocenters. The van der Waals surface area contributed by atoms with Gasteiger partial charge in [0.2, 0.25) is 0 Å². The number of nitrogens with one attached hydrogen (secondary N) is 2. The zero-order valence-corrected chi connectivity index (χ0v) is 9.13. The lowest BCUT2D eigenvalue weighted by molar-refractivity contribution is 0.0932. The molecule has 1 unspecified atom stereocenters. The van der Waals surface area contributed by atoms with E-state index in [1.807, 2.05) is 6.20 Å². The quantitative estimate of drug-likeness (QED) is 0.728. The normalized spacial score (nSPS) is 13.1. The van der Waals surface area contributed by atoms with Gasteiger partial charge in [0.1, 0.15) is 11.9 Å². The summed E-state index contributed by atoms with van der Waals surface area (Å²) in [6.07, 6.45) is 2.88. The number of rotatable bonds is 6. The van der Waals surface area contributed by atoms with E-state index in [0.29, 0.717) is 0 Å². The molecular weight excluding hydrogens is 178 g/mol. The van der Waals surface area contributed by atoms with E-state index in [0.717, 1.165) is 31.0 Å². The maximum absolute atomic E-state index is 5.29. The molecule has 0 aliphatic heterocycles. The van der Waals surface area contributed by atoms with E-state index in [1.165, 1.54) is 0 Å². The minimum absolute atomic E-state index is 0.0883. The Hall–Kier alpha value is -0.870. The van der Waals surface area contributed by atoms with Crippen LogP contribution in [0.25, 0.3) is 0 Å². The van der Waals surface area contributed by atoms with Gasteiger partial charge in [0.15, 0.2) is 0 Å². The molecule has 1 aromatic rings. The molecule has 4 heteroatoms. The summed E-state index contributed by atoms with van der Waals surface area (Å²) >= 11 is 0. The molecule has 0 aliphatic rings. The van der Waals surface area contributed by atoms with Gasteiger partial charge in [-0.25, -0.2) is 4.98 Å². The van der Waals surface area contributed by atoms with Gasteiger partial charge in [0.25, 0.3) is 0 Å². The summed E-state index contributed by atoms with van der Waals surface area (Å²) < 4.78 is 5.29. The Bertz CT molecular complexity index is 256. The summed E-state index contributed by atoms with van der Waals surface area (Å²) in [5.41, 5.74) is 1.11. The SMILES string of the molecule is CCNCc1cnc(C(CC)OC)[nH]1. The monoisotopic (exact) mass is 197 g/mol. The predicted molar refractivity (Wildman–Crippen MR) is 56.0 cm³/mol. The third-order valence-corrected chi connectivity index (χ3v) is 2.17. The molecule has 80 valence electrons. The van der Waals surface area contributed by atoms with E-state index in [2.05, 4.69) is 29.1 Å². The van der Waals surface area contributed by atoms with Crippen LogP contribution in [0, 0.1) is 0 Å². The van der Waals surface area contributed by atoms with Gasteiger partial charge in [-0.15, -0.1) is 0 Å². The summed E-state index contributed by atoms with van der Waals surface area (Å²) in [5.74, 6) is 0.919. The molecule has 4 nitrogen and oxygen atoms in total. The number of methoxy groups -OCH3 is 1. The van der Waals surface area contributed by atoms with Gasteiger partial charge in [-0.3, -0.25) is 0 Å². The second kappa shape index (κ2) is 5.78. The highest BCUT2D eigenvalue weighted by Crippen LogP contribution is 2.16. The number of H-pyrrole nitrogens is 1. The van der Waals surface area contributed by atoms with Crippen molar-refractivity contribution in [2.45, 2.75) is 32.9 Å². The van der Waals surface area contributed by atoms with Gasteiger partial charge < -0.3 is 15.0 Å². The Morgan fingerprint density at radius 1 is 1.57 bits per heavy atom. The predicted octanol–water partition coefficient (Wildman–Crippen LogP) is 1.62. The van der Waals surface area contributed by atoms with Crippen LogP contribution in [-0.4, -0.2) is 23.6 Å². The molecular formula is C10H19N3O. The molecule has 1 aromatic heterocycles. The Labute approximate surface area is 85.1 Å². The second-order valence-corrected chi connectivity index (χ2v) is 3.21. The first-order valence-electron chi connectivity index (χ1n) is 5.09. The van der Waals surface area contributed by atoms with Crippen LogP contribution < -0.4 is 5.32 Å². The van der Waals surface area contributed by atoms with Gasteiger partial charge in [0.05, 0.1) is 0 Å². The van der Waals surface area contributed by atoms with Crippen LogP contribution in [-0.2, 0) is 11.3 Å². The van der Waals surface area contributed by atoms with E-state index in [9.17, 15) is 0 Å². The third kappa shape index (κ3) is 2.82. The van der Waals surface area contributed by atoms with E-state index in [4.69, 9.17) is 4.74 Å². The summed E-state index contributed by atoms with van der Waals surface area (Å²) in [6, 6.07) is 0. The van der Waals surface area contributed by atoms with Crippen molar-refractivity contribution in [3.8, 4) is 0 Å². The van der Waals surface area contributed by atoms with Crippen LogP contribution in [0.1, 0.15) is 37.9 Å². The minimum Gasteiger partial charge on any atom is -0.374 e. The minimum atomic E-state index is 0.0883. The fraction of sp³-hybridized carbons (Fsp3) is 0.700. The molecule has 0 aliphatic carbocycles. The van der Waals surface area contributed by atoms with Crippen molar-refractivity contribution in [2.24, 2.45) is 0 Å². The van der Waals surface area contributed by atoms with Crippen molar-refractivity contribution in [1.82, 2.24) is 15.3 Å². The molecule has 0 amide bonds. The van der Waals surface area contributed by atoms with Crippen LogP contribution in [0.3, 0.4) is 0 Å². The highest BCUT2D eigenvalue weighted by Gasteiger charge is 2.11. The molecule has 0 saturated carbocycles. The summed E-state index contributed by atoms with van der Waals surface area (Å²) in [6.45, 7) is 5.97. The molecule has 14 heavy (non-hydrogen) atoms. The Morgan fingerprint density at radius 2 is 2.36 bits per heavy atom. The Balaban J connectivity index is 2.57. The van der Waals surface area contributed by atoms with Gasteiger partial charge in [0, 0.05) is 25.5 Å².